The SMILES string of the molecule is CCOc1ccc(Nc2ccc(O)c3c2C(=O)c2c(O)ccc(Nc4ccc(OC)cc4)c2C3=O)cc1. The van der Waals surface area contributed by atoms with E-state index in [1.54, 1.807) is 55.6 Å². The molecule has 0 heterocycles. The summed E-state index contributed by atoms with van der Waals surface area (Å²) in [5.41, 5.74) is 1.68. The second-order valence-electron chi connectivity index (χ2n) is 8.36. The third kappa shape index (κ3) is 4.29. The van der Waals surface area contributed by atoms with Gasteiger partial charge < -0.3 is 30.3 Å². The molecule has 1 aliphatic rings. The number of fused-ring (bicyclic) bond motifs is 2. The Balaban J connectivity index is 1.57. The Bertz CT molecular complexity index is 1510. The molecule has 0 radical (unpaired) electrons. The van der Waals surface area contributed by atoms with Crippen molar-refractivity contribution in [2.45, 2.75) is 6.92 Å². The van der Waals surface area contributed by atoms with E-state index in [9.17, 15) is 19.8 Å². The van der Waals surface area contributed by atoms with Crippen molar-refractivity contribution in [1.82, 2.24) is 0 Å². The van der Waals surface area contributed by atoms with E-state index >= 15 is 0 Å². The molecule has 8 nitrogen and oxygen atoms in total. The zero-order valence-corrected chi connectivity index (χ0v) is 20.2. The lowest BCUT2D eigenvalue weighted by atomic mass is 9.81. The standard InChI is InChI=1S/C29H24N2O6/c1-3-37-19-10-6-17(7-11-19)31-21-13-15-23(33)27-25(21)29(35)26-22(32)14-12-20(24(26)28(27)34)30-16-4-8-18(36-2)9-5-16/h4-15,30-33H,3H2,1-2H3. The van der Waals surface area contributed by atoms with Crippen molar-refractivity contribution in [3.63, 3.8) is 0 Å². The number of hydrogen-bond donors (Lipinski definition) is 4. The summed E-state index contributed by atoms with van der Waals surface area (Å²) in [5, 5.41) is 27.6. The normalized spacial score (nSPS) is 11.9. The molecular weight excluding hydrogens is 472 g/mol. The molecule has 4 aromatic carbocycles. The first-order valence-electron chi connectivity index (χ1n) is 11.6. The van der Waals surface area contributed by atoms with Gasteiger partial charge in [0.2, 0.25) is 11.6 Å². The number of benzene rings is 4. The van der Waals surface area contributed by atoms with Gasteiger partial charge >= 0.3 is 0 Å². The van der Waals surface area contributed by atoms with E-state index in [1.165, 1.54) is 24.3 Å². The van der Waals surface area contributed by atoms with E-state index in [4.69, 9.17) is 9.47 Å². The maximum absolute atomic E-state index is 13.7. The van der Waals surface area contributed by atoms with Crippen molar-refractivity contribution in [2.24, 2.45) is 0 Å². The van der Waals surface area contributed by atoms with Gasteiger partial charge in [0.1, 0.15) is 23.0 Å². The first-order chi connectivity index (χ1) is 17.9. The van der Waals surface area contributed by atoms with Crippen LogP contribution in [-0.2, 0) is 0 Å². The number of phenols is 2. The van der Waals surface area contributed by atoms with E-state index in [-0.39, 0.29) is 33.8 Å². The Morgan fingerprint density at radius 2 is 1.05 bits per heavy atom. The molecule has 0 fully saturated rings. The first kappa shape index (κ1) is 23.7. The third-order valence-corrected chi connectivity index (χ3v) is 6.09. The highest BCUT2D eigenvalue weighted by molar-refractivity contribution is 6.33. The van der Waals surface area contributed by atoms with Gasteiger partial charge in [0.25, 0.3) is 0 Å². The Kier molecular flexibility index (Phi) is 6.15. The van der Waals surface area contributed by atoms with Crippen molar-refractivity contribution in [2.75, 3.05) is 24.4 Å². The average molecular weight is 497 g/mol. The van der Waals surface area contributed by atoms with E-state index < -0.39 is 11.6 Å². The van der Waals surface area contributed by atoms with Crippen LogP contribution in [0.3, 0.4) is 0 Å². The maximum atomic E-state index is 13.7. The zero-order valence-electron chi connectivity index (χ0n) is 20.2. The molecule has 0 saturated heterocycles. The quantitative estimate of drug-likeness (QED) is 0.210. The number of ketones is 2. The molecule has 4 aromatic rings. The van der Waals surface area contributed by atoms with Gasteiger partial charge in [-0.15, -0.1) is 0 Å². The molecule has 37 heavy (non-hydrogen) atoms. The van der Waals surface area contributed by atoms with Crippen LogP contribution in [0.2, 0.25) is 0 Å². The fourth-order valence-electron chi connectivity index (χ4n) is 4.36. The van der Waals surface area contributed by atoms with Crippen LogP contribution in [0.15, 0.2) is 72.8 Å². The van der Waals surface area contributed by atoms with Gasteiger partial charge in [0, 0.05) is 11.4 Å². The second kappa shape index (κ2) is 9.58. The van der Waals surface area contributed by atoms with Crippen LogP contribution in [-0.4, -0.2) is 35.5 Å². The lowest BCUT2D eigenvalue weighted by Gasteiger charge is -2.24. The lowest BCUT2D eigenvalue weighted by molar-refractivity contribution is 0.0975. The minimum absolute atomic E-state index is 0.0108. The van der Waals surface area contributed by atoms with Crippen LogP contribution in [0.1, 0.15) is 38.8 Å². The molecular formula is C29H24N2O6. The Labute approximate surface area is 213 Å². The Hall–Kier alpha value is -4.98. The summed E-state index contributed by atoms with van der Waals surface area (Å²) >= 11 is 0. The number of anilines is 4. The van der Waals surface area contributed by atoms with Gasteiger partial charge in [-0.25, -0.2) is 0 Å². The van der Waals surface area contributed by atoms with Gasteiger partial charge in [-0.05, 0) is 79.7 Å². The van der Waals surface area contributed by atoms with Gasteiger partial charge in [0.05, 0.1) is 47.3 Å². The number of carbonyl (C=O) groups excluding carboxylic acids is 2. The first-order valence-corrected chi connectivity index (χ1v) is 11.6. The van der Waals surface area contributed by atoms with Crippen LogP contribution >= 0.6 is 0 Å². The third-order valence-electron chi connectivity index (χ3n) is 6.09. The summed E-state index contributed by atoms with van der Waals surface area (Å²) < 4.78 is 10.6. The van der Waals surface area contributed by atoms with E-state index in [2.05, 4.69) is 10.6 Å². The molecule has 0 amide bonds. The number of carbonyl (C=O) groups is 2. The van der Waals surface area contributed by atoms with E-state index in [1.807, 2.05) is 6.92 Å². The predicted molar refractivity (Wildman–Crippen MR) is 140 cm³/mol. The largest absolute Gasteiger partial charge is 0.507 e. The second-order valence-corrected chi connectivity index (χ2v) is 8.36. The summed E-state index contributed by atoms with van der Waals surface area (Å²) in [6.45, 7) is 2.43. The predicted octanol–water partition coefficient (Wildman–Crippen LogP) is 5.77. The summed E-state index contributed by atoms with van der Waals surface area (Å²) in [7, 11) is 1.56. The van der Waals surface area contributed by atoms with Crippen LogP contribution in [0.5, 0.6) is 23.0 Å². The molecule has 0 atom stereocenters. The molecule has 8 heteroatoms. The van der Waals surface area contributed by atoms with E-state index in [0.29, 0.717) is 40.9 Å². The maximum Gasteiger partial charge on any atom is 0.200 e. The molecule has 0 bridgehead atoms. The van der Waals surface area contributed by atoms with Crippen LogP contribution < -0.4 is 20.1 Å². The monoisotopic (exact) mass is 496 g/mol. The van der Waals surface area contributed by atoms with Crippen molar-refractivity contribution in [3.8, 4) is 23.0 Å². The highest BCUT2D eigenvalue weighted by Gasteiger charge is 2.38. The smallest absolute Gasteiger partial charge is 0.200 e. The molecule has 0 saturated carbocycles. The highest BCUT2D eigenvalue weighted by Crippen LogP contribution is 2.43. The van der Waals surface area contributed by atoms with Crippen molar-refractivity contribution in [3.05, 3.63) is 95.1 Å². The Morgan fingerprint density at radius 3 is 1.46 bits per heavy atom. The molecule has 1 aliphatic carbocycles. The minimum Gasteiger partial charge on any atom is -0.507 e. The summed E-state index contributed by atoms with van der Waals surface area (Å²) in [5.74, 6) is -0.447. The van der Waals surface area contributed by atoms with Crippen LogP contribution in [0.4, 0.5) is 22.7 Å². The number of hydrogen-bond acceptors (Lipinski definition) is 8. The number of methoxy groups -OCH3 is 1. The molecule has 0 aromatic heterocycles. The number of ether oxygens (including phenoxy) is 2. The molecule has 0 unspecified atom stereocenters. The van der Waals surface area contributed by atoms with Gasteiger partial charge in [-0.1, -0.05) is 0 Å². The number of rotatable bonds is 7. The highest BCUT2D eigenvalue weighted by atomic mass is 16.5. The molecule has 186 valence electrons. The summed E-state index contributed by atoms with van der Waals surface area (Å²) in [6.07, 6.45) is 0. The van der Waals surface area contributed by atoms with Gasteiger partial charge in [-0.2, -0.15) is 0 Å². The Morgan fingerprint density at radius 1 is 0.622 bits per heavy atom. The number of nitrogens with one attached hydrogen (secondary N) is 2. The van der Waals surface area contributed by atoms with E-state index in [0.717, 1.165) is 0 Å². The molecule has 5 rings (SSSR count). The van der Waals surface area contributed by atoms with Crippen molar-refractivity contribution >= 4 is 34.3 Å². The zero-order chi connectivity index (χ0) is 26.1. The van der Waals surface area contributed by atoms with Crippen LogP contribution in [0, 0.1) is 0 Å². The molecule has 0 aliphatic heterocycles. The fourth-order valence-corrected chi connectivity index (χ4v) is 4.36. The lowest BCUT2D eigenvalue weighted by Crippen LogP contribution is -2.23. The fraction of sp³-hybridized carbons (Fsp3) is 0.103. The summed E-state index contributed by atoms with van der Waals surface area (Å²) in [6, 6.07) is 19.9. The number of aromatic hydroxyl groups is 2. The minimum atomic E-state index is -0.579. The molecule has 0 spiro atoms. The average Bonchev–Trinajstić information content (AvgIpc) is 2.90. The number of phenolic OH excluding ortho intramolecular Hbond substituents is 2. The van der Waals surface area contributed by atoms with Crippen molar-refractivity contribution in [1.29, 1.82) is 0 Å². The van der Waals surface area contributed by atoms with Gasteiger partial charge in [0.15, 0.2) is 0 Å². The topological polar surface area (TPSA) is 117 Å². The summed E-state index contributed by atoms with van der Waals surface area (Å²) in [4.78, 5) is 27.5. The van der Waals surface area contributed by atoms with Crippen LogP contribution in [0.25, 0.3) is 0 Å². The molecule has 4 N–H and O–H groups in total. The van der Waals surface area contributed by atoms with Gasteiger partial charge in [-0.3, -0.25) is 9.59 Å². The van der Waals surface area contributed by atoms with Crippen molar-refractivity contribution < 1.29 is 29.3 Å².